The van der Waals surface area contributed by atoms with Crippen molar-refractivity contribution in [3.05, 3.63) is 12.7 Å². The van der Waals surface area contributed by atoms with Crippen LogP contribution in [-0.2, 0) is 4.79 Å². The summed E-state index contributed by atoms with van der Waals surface area (Å²) in [4.78, 5) is 11.5. The van der Waals surface area contributed by atoms with E-state index < -0.39 is 0 Å². The summed E-state index contributed by atoms with van der Waals surface area (Å²) < 4.78 is 0. The topological polar surface area (TPSA) is 17.1 Å². The van der Waals surface area contributed by atoms with Crippen molar-refractivity contribution in [1.82, 2.24) is 0 Å². The van der Waals surface area contributed by atoms with Crippen molar-refractivity contribution in [2.45, 2.75) is 52.4 Å². The van der Waals surface area contributed by atoms with Crippen LogP contribution < -0.4 is 0 Å². The maximum atomic E-state index is 11.5. The first kappa shape index (κ1) is 12.4. The van der Waals surface area contributed by atoms with Crippen LogP contribution in [0.1, 0.15) is 52.4 Å². The monoisotopic (exact) mass is 182 g/mol. The summed E-state index contributed by atoms with van der Waals surface area (Å²) in [6.07, 6.45) is 7.85. The molecule has 0 unspecified atom stereocenters. The Bertz CT molecular complexity index is 145. The normalized spacial score (nSPS) is 10.4. The van der Waals surface area contributed by atoms with Crippen LogP contribution in [-0.4, -0.2) is 5.78 Å². The van der Waals surface area contributed by atoms with E-state index in [4.69, 9.17) is 0 Å². The maximum absolute atomic E-state index is 11.5. The third-order valence-corrected chi connectivity index (χ3v) is 2.52. The zero-order valence-electron chi connectivity index (χ0n) is 9.01. The molecule has 0 radical (unpaired) electrons. The predicted molar refractivity (Wildman–Crippen MR) is 57.7 cm³/mol. The summed E-state index contributed by atoms with van der Waals surface area (Å²) in [7, 11) is 0. The van der Waals surface area contributed by atoms with E-state index in [9.17, 15) is 4.79 Å². The van der Waals surface area contributed by atoms with Crippen molar-refractivity contribution >= 4 is 5.78 Å². The summed E-state index contributed by atoms with van der Waals surface area (Å²) in [6.45, 7) is 7.85. The second-order valence-electron chi connectivity index (χ2n) is 3.51. The van der Waals surface area contributed by atoms with Crippen molar-refractivity contribution < 1.29 is 4.79 Å². The molecule has 0 aliphatic rings. The number of hydrogen-bond donors (Lipinski definition) is 0. The maximum Gasteiger partial charge on any atom is 0.135 e. The molecule has 0 fully saturated rings. The molecule has 0 spiro atoms. The minimum absolute atomic E-state index is 0.309. The second-order valence-corrected chi connectivity index (χ2v) is 3.51. The molecule has 0 saturated carbocycles. The first-order valence-electron chi connectivity index (χ1n) is 5.39. The van der Waals surface area contributed by atoms with Crippen molar-refractivity contribution in [3.8, 4) is 0 Å². The molecule has 0 aromatic heterocycles. The van der Waals surface area contributed by atoms with Gasteiger partial charge in [-0.3, -0.25) is 4.79 Å². The Hall–Kier alpha value is -0.590. The van der Waals surface area contributed by atoms with E-state index in [1.54, 1.807) is 0 Å². The van der Waals surface area contributed by atoms with Gasteiger partial charge >= 0.3 is 0 Å². The third kappa shape index (κ3) is 5.62. The predicted octanol–water partition coefficient (Wildman–Crippen LogP) is 3.74. The molecule has 0 N–H and O–H groups in total. The van der Waals surface area contributed by atoms with E-state index in [1.165, 1.54) is 0 Å². The fraction of sp³-hybridized carbons (Fsp3) is 0.750. The van der Waals surface area contributed by atoms with Crippen molar-refractivity contribution in [2.75, 3.05) is 0 Å². The molecule has 0 atom stereocenters. The number of carbonyl (C=O) groups excluding carboxylic acids is 1. The zero-order valence-corrected chi connectivity index (χ0v) is 9.01. The van der Waals surface area contributed by atoms with Crippen LogP contribution in [0.4, 0.5) is 0 Å². The molecule has 0 aliphatic carbocycles. The quantitative estimate of drug-likeness (QED) is 0.413. The highest BCUT2D eigenvalue weighted by Crippen LogP contribution is 2.13. The largest absolute Gasteiger partial charge is 0.299 e. The molecule has 0 bridgehead atoms. The highest BCUT2D eigenvalue weighted by Gasteiger charge is 2.12. The summed E-state index contributed by atoms with van der Waals surface area (Å²) in [5.74, 6) is 0.762. The van der Waals surface area contributed by atoms with Gasteiger partial charge in [0.15, 0.2) is 0 Å². The van der Waals surface area contributed by atoms with Crippen LogP contribution in [0.5, 0.6) is 0 Å². The molecule has 0 saturated heterocycles. The van der Waals surface area contributed by atoms with Crippen molar-refractivity contribution in [3.63, 3.8) is 0 Å². The molecule has 0 amide bonds. The number of carbonyl (C=O) groups is 1. The smallest absolute Gasteiger partial charge is 0.135 e. The van der Waals surface area contributed by atoms with E-state index in [2.05, 4.69) is 20.4 Å². The molecule has 13 heavy (non-hydrogen) atoms. The lowest BCUT2D eigenvalue weighted by atomic mass is 9.94. The molecule has 0 aliphatic heterocycles. The summed E-state index contributed by atoms with van der Waals surface area (Å²) in [5, 5.41) is 0. The molecule has 1 nitrogen and oxygen atoms in total. The molecular weight excluding hydrogens is 160 g/mol. The number of unbranched alkanes of at least 4 members (excludes halogenated alkanes) is 2. The van der Waals surface area contributed by atoms with Gasteiger partial charge in [-0.1, -0.05) is 19.9 Å². The molecule has 0 rings (SSSR count). The van der Waals surface area contributed by atoms with Gasteiger partial charge in [-0.25, -0.2) is 0 Å². The van der Waals surface area contributed by atoms with Gasteiger partial charge in [-0.2, -0.15) is 0 Å². The van der Waals surface area contributed by atoms with Crippen LogP contribution in [0.15, 0.2) is 12.7 Å². The first-order valence-corrected chi connectivity index (χ1v) is 5.39. The van der Waals surface area contributed by atoms with Gasteiger partial charge in [0, 0.05) is 12.3 Å². The van der Waals surface area contributed by atoms with Crippen molar-refractivity contribution in [1.29, 1.82) is 0 Å². The number of ketones is 1. The Balaban J connectivity index is 3.54. The molecule has 76 valence electrons. The molecule has 0 aromatic carbocycles. The average Bonchev–Trinajstić information content (AvgIpc) is 2.14. The zero-order chi connectivity index (χ0) is 10.1. The minimum atomic E-state index is 0.309. The van der Waals surface area contributed by atoms with Gasteiger partial charge in [0.1, 0.15) is 5.78 Å². The molecular formula is C12H22O. The molecule has 0 heterocycles. The first-order chi connectivity index (χ1) is 6.26. The molecule has 1 heteroatoms. The van der Waals surface area contributed by atoms with Crippen LogP contribution in [0.25, 0.3) is 0 Å². The average molecular weight is 182 g/mol. The van der Waals surface area contributed by atoms with E-state index in [0.29, 0.717) is 11.7 Å². The van der Waals surface area contributed by atoms with Crippen LogP contribution in [0, 0.1) is 5.92 Å². The minimum Gasteiger partial charge on any atom is -0.299 e. The fourth-order valence-corrected chi connectivity index (χ4v) is 1.54. The Kier molecular flexibility index (Phi) is 7.66. The van der Waals surface area contributed by atoms with E-state index in [1.807, 2.05) is 6.08 Å². The lowest BCUT2D eigenvalue weighted by molar-refractivity contribution is -0.123. The summed E-state index contributed by atoms with van der Waals surface area (Å²) in [6, 6.07) is 0. The lowest BCUT2D eigenvalue weighted by Gasteiger charge is -2.09. The molecule has 0 aromatic rings. The highest BCUT2D eigenvalue weighted by atomic mass is 16.1. The van der Waals surface area contributed by atoms with Crippen LogP contribution in [0.2, 0.25) is 0 Å². The Morgan fingerprint density at radius 3 is 2.38 bits per heavy atom. The van der Waals surface area contributed by atoms with E-state index in [-0.39, 0.29) is 0 Å². The van der Waals surface area contributed by atoms with Gasteiger partial charge in [0.25, 0.3) is 0 Å². The fourth-order valence-electron chi connectivity index (χ4n) is 1.54. The Morgan fingerprint density at radius 1 is 1.31 bits per heavy atom. The number of hydrogen-bond acceptors (Lipinski definition) is 1. The van der Waals surface area contributed by atoms with E-state index >= 15 is 0 Å². The summed E-state index contributed by atoms with van der Waals surface area (Å²) in [5.41, 5.74) is 0. The second kappa shape index (κ2) is 8.03. The van der Waals surface area contributed by atoms with Crippen molar-refractivity contribution in [2.24, 2.45) is 5.92 Å². The summed E-state index contributed by atoms with van der Waals surface area (Å²) >= 11 is 0. The van der Waals surface area contributed by atoms with Crippen LogP contribution in [0.3, 0.4) is 0 Å². The standard InChI is InChI=1S/C12H22O/c1-4-7-8-9-10-12(13)11(5-2)6-3/h4,11H,1,5-10H2,2-3H3. The third-order valence-electron chi connectivity index (χ3n) is 2.52. The highest BCUT2D eigenvalue weighted by molar-refractivity contribution is 5.80. The lowest BCUT2D eigenvalue weighted by Crippen LogP contribution is -2.12. The van der Waals surface area contributed by atoms with Gasteiger partial charge in [0.05, 0.1) is 0 Å². The Labute approximate surface area is 82.2 Å². The van der Waals surface area contributed by atoms with Crippen LogP contribution >= 0.6 is 0 Å². The SMILES string of the molecule is C=CCCCCC(=O)C(CC)CC. The number of Topliss-reactive ketones (excluding diaryl/α,β-unsaturated/α-hetero) is 1. The van der Waals surface area contributed by atoms with Gasteiger partial charge < -0.3 is 0 Å². The van der Waals surface area contributed by atoms with Gasteiger partial charge in [0.2, 0.25) is 0 Å². The van der Waals surface area contributed by atoms with Gasteiger partial charge in [-0.05, 0) is 32.1 Å². The number of rotatable bonds is 8. The van der Waals surface area contributed by atoms with E-state index in [0.717, 1.165) is 38.5 Å². The van der Waals surface area contributed by atoms with Gasteiger partial charge in [-0.15, -0.1) is 6.58 Å². The number of allylic oxidation sites excluding steroid dienone is 1. The Morgan fingerprint density at radius 2 is 1.92 bits per heavy atom.